The van der Waals surface area contributed by atoms with Crippen LogP contribution in [-0.4, -0.2) is 24.1 Å². The molecule has 0 amide bonds. The largest absolute Gasteiger partial charge is 0.392 e. The molecule has 7 heteroatoms. The van der Waals surface area contributed by atoms with Crippen LogP contribution in [0.3, 0.4) is 0 Å². The molecule has 0 bridgehead atoms. The summed E-state index contributed by atoms with van der Waals surface area (Å²) in [5, 5.41) is 0. The second-order valence-electron chi connectivity index (χ2n) is 3.35. The number of hydrogen-bond acceptors (Lipinski definition) is 4. The van der Waals surface area contributed by atoms with Crippen molar-refractivity contribution >= 4 is 27.2 Å². The first-order valence-corrected chi connectivity index (χ1v) is 6.65. The number of thiocarbonyl (C=S) groups is 1. The first-order valence-electron chi connectivity index (χ1n) is 4.59. The molecule has 1 aromatic heterocycles. The molecule has 1 rings (SSSR count). The zero-order chi connectivity index (χ0) is 12.2. The highest BCUT2D eigenvalue weighted by Gasteiger charge is 2.16. The third-order valence-electron chi connectivity index (χ3n) is 1.87. The van der Waals surface area contributed by atoms with Crippen molar-refractivity contribution in [3.63, 3.8) is 0 Å². The maximum atomic E-state index is 11.5. The Morgan fingerprint density at radius 2 is 2.38 bits per heavy atom. The summed E-state index contributed by atoms with van der Waals surface area (Å²) in [5.74, 6) is -0.340. The van der Waals surface area contributed by atoms with E-state index in [0.29, 0.717) is 0 Å². The van der Waals surface area contributed by atoms with E-state index in [9.17, 15) is 8.42 Å². The number of nitrogens with zero attached hydrogens (tertiary/aromatic N) is 1. The first kappa shape index (κ1) is 13.0. The molecule has 0 aliphatic rings. The third kappa shape index (κ3) is 4.21. The van der Waals surface area contributed by atoms with Gasteiger partial charge in [-0.1, -0.05) is 18.3 Å². The smallest absolute Gasteiger partial charge is 0.218 e. The van der Waals surface area contributed by atoms with Crippen molar-refractivity contribution in [3.8, 4) is 0 Å². The van der Waals surface area contributed by atoms with Crippen molar-refractivity contribution in [2.75, 3.05) is 5.75 Å². The maximum Gasteiger partial charge on any atom is 0.218 e. The molecular formula is C9H13N3O2S2. The molecule has 0 aromatic carbocycles. The second-order valence-corrected chi connectivity index (χ2v) is 5.63. The molecule has 0 saturated heterocycles. The minimum Gasteiger partial charge on any atom is -0.392 e. The van der Waals surface area contributed by atoms with Gasteiger partial charge in [0.15, 0.2) is 0 Å². The highest BCUT2D eigenvalue weighted by molar-refractivity contribution is 7.92. The van der Waals surface area contributed by atoms with Crippen molar-refractivity contribution in [1.29, 1.82) is 0 Å². The molecule has 1 unspecified atom stereocenters. The summed E-state index contributed by atoms with van der Waals surface area (Å²) in [6.45, 7) is 1.73. The number of sulfonamides is 1. The number of aromatic nitrogens is 1. The lowest BCUT2D eigenvalue weighted by Crippen LogP contribution is -2.34. The van der Waals surface area contributed by atoms with Crippen molar-refractivity contribution in [2.24, 2.45) is 5.73 Å². The SMILES string of the molecule is CC(NS(=O)(=O)CC(N)=S)c1cccnc1. The van der Waals surface area contributed by atoms with Crippen LogP contribution in [0.15, 0.2) is 24.5 Å². The van der Waals surface area contributed by atoms with Gasteiger partial charge in [-0.15, -0.1) is 0 Å². The highest BCUT2D eigenvalue weighted by atomic mass is 32.2. The molecule has 0 radical (unpaired) electrons. The maximum absolute atomic E-state index is 11.5. The molecule has 1 heterocycles. The number of pyridine rings is 1. The highest BCUT2D eigenvalue weighted by Crippen LogP contribution is 2.11. The van der Waals surface area contributed by atoms with Gasteiger partial charge in [-0.25, -0.2) is 13.1 Å². The molecule has 0 aliphatic carbocycles. The van der Waals surface area contributed by atoms with Gasteiger partial charge in [0, 0.05) is 18.4 Å². The van der Waals surface area contributed by atoms with E-state index in [2.05, 4.69) is 21.9 Å². The zero-order valence-corrected chi connectivity index (χ0v) is 10.4. The van der Waals surface area contributed by atoms with Crippen LogP contribution in [0.25, 0.3) is 0 Å². The van der Waals surface area contributed by atoms with E-state index in [1.54, 1.807) is 31.5 Å². The quantitative estimate of drug-likeness (QED) is 0.745. The van der Waals surface area contributed by atoms with Gasteiger partial charge >= 0.3 is 0 Å². The second kappa shape index (κ2) is 5.33. The summed E-state index contributed by atoms with van der Waals surface area (Å²) in [4.78, 5) is 3.86. The summed E-state index contributed by atoms with van der Waals surface area (Å²) in [6, 6.07) is 3.18. The van der Waals surface area contributed by atoms with Gasteiger partial charge in [-0.2, -0.15) is 0 Å². The Labute approximate surface area is 100 Å². The predicted molar refractivity (Wildman–Crippen MR) is 66.4 cm³/mol. The predicted octanol–water partition coefficient (Wildman–Crippen LogP) is 0.348. The average Bonchev–Trinajstić information content (AvgIpc) is 2.16. The van der Waals surface area contributed by atoms with Gasteiger partial charge in [0.1, 0.15) is 5.75 Å². The molecule has 88 valence electrons. The number of hydrogen-bond donors (Lipinski definition) is 2. The fraction of sp³-hybridized carbons (Fsp3) is 0.333. The first-order chi connectivity index (χ1) is 7.41. The zero-order valence-electron chi connectivity index (χ0n) is 8.75. The van der Waals surface area contributed by atoms with Crippen molar-refractivity contribution in [2.45, 2.75) is 13.0 Å². The van der Waals surface area contributed by atoms with Crippen LogP contribution in [0, 0.1) is 0 Å². The Balaban J connectivity index is 2.72. The average molecular weight is 259 g/mol. The number of rotatable bonds is 5. The Hall–Kier alpha value is -1.05. The molecule has 0 fully saturated rings. The molecule has 0 spiro atoms. The minimum atomic E-state index is -3.47. The van der Waals surface area contributed by atoms with Gasteiger partial charge in [-0.05, 0) is 18.6 Å². The lowest BCUT2D eigenvalue weighted by atomic mass is 10.2. The number of nitrogens with two attached hydrogens (primary N) is 1. The lowest BCUT2D eigenvalue weighted by Gasteiger charge is -2.13. The molecule has 16 heavy (non-hydrogen) atoms. The van der Waals surface area contributed by atoms with Gasteiger partial charge in [0.2, 0.25) is 10.0 Å². The summed E-state index contributed by atoms with van der Waals surface area (Å²) >= 11 is 4.56. The van der Waals surface area contributed by atoms with E-state index in [-0.39, 0.29) is 16.8 Å². The van der Waals surface area contributed by atoms with E-state index in [1.807, 2.05) is 0 Å². The van der Waals surface area contributed by atoms with Crippen LogP contribution in [0.2, 0.25) is 0 Å². The van der Waals surface area contributed by atoms with Crippen molar-refractivity contribution in [3.05, 3.63) is 30.1 Å². The summed E-state index contributed by atoms with van der Waals surface area (Å²) in [5.41, 5.74) is 5.98. The topological polar surface area (TPSA) is 85.1 Å². The summed E-state index contributed by atoms with van der Waals surface area (Å²) < 4.78 is 25.5. The van der Waals surface area contributed by atoms with E-state index < -0.39 is 10.0 Å². The molecule has 0 aliphatic heterocycles. The minimum absolute atomic E-state index is 0.0501. The Bertz CT molecular complexity index is 459. The molecular weight excluding hydrogens is 246 g/mol. The van der Waals surface area contributed by atoms with Gasteiger partial charge in [0.05, 0.1) is 4.99 Å². The van der Waals surface area contributed by atoms with E-state index in [1.165, 1.54) is 0 Å². The van der Waals surface area contributed by atoms with Gasteiger partial charge in [0.25, 0.3) is 0 Å². The molecule has 5 nitrogen and oxygen atoms in total. The molecule has 3 N–H and O–H groups in total. The van der Waals surface area contributed by atoms with Crippen LogP contribution < -0.4 is 10.5 Å². The van der Waals surface area contributed by atoms with Crippen LogP contribution in [-0.2, 0) is 10.0 Å². The van der Waals surface area contributed by atoms with Crippen molar-refractivity contribution < 1.29 is 8.42 Å². The third-order valence-corrected chi connectivity index (χ3v) is 3.60. The molecule has 1 atom stereocenters. The summed E-state index contributed by atoms with van der Waals surface area (Å²) in [6.07, 6.45) is 3.23. The van der Waals surface area contributed by atoms with Crippen molar-refractivity contribution in [1.82, 2.24) is 9.71 Å². The van der Waals surface area contributed by atoms with E-state index in [0.717, 1.165) is 5.56 Å². The van der Waals surface area contributed by atoms with Crippen LogP contribution in [0.1, 0.15) is 18.5 Å². The van der Waals surface area contributed by atoms with Crippen LogP contribution >= 0.6 is 12.2 Å². The fourth-order valence-corrected chi connectivity index (χ4v) is 2.80. The Kier molecular flexibility index (Phi) is 4.34. The molecule has 0 saturated carbocycles. The van der Waals surface area contributed by atoms with Crippen LogP contribution in [0.5, 0.6) is 0 Å². The molecule has 1 aromatic rings. The Morgan fingerprint density at radius 3 is 2.88 bits per heavy atom. The standard InChI is InChI=1S/C9H13N3O2S2/c1-7(8-3-2-4-11-5-8)12-16(13,14)6-9(10)15/h2-5,7,12H,6H2,1H3,(H2,10,15). The van der Waals surface area contributed by atoms with Gasteiger partial charge < -0.3 is 5.73 Å². The number of nitrogens with one attached hydrogen (secondary N) is 1. The summed E-state index contributed by atoms with van der Waals surface area (Å²) in [7, 11) is -3.47. The van der Waals surface area contributed by atoms with E-state index in [4.69, 9.17) is 5.73 Å². The normalized spacial score (nSPS) is 13.3. The monoisotopic (exact) mass is 259 g/mol. The Morgan fingerprint density at radius 1 is 1.69 bits per heavy atom. The van der Waals surface area contributed by atoms with Crippen LogP contribution in [0.4, 0.5) is 0 Å². The van der Waals surface area contributed by atoms with E-state index >= 15 is 0 Å². The van der Waals surface area contributed by atoms with Gasteiger partial charge in [-0.3, -0.25) is 4.98 Å². The lowest BCUT2D eigenvalue weighted by molar-refractivity contribution is 0.570. The fourth-order valence-electron chi connectivity index (χ4n) is 1.20.